The number of rotatable bonds is 3. The van der Waals surface area contributed by atoms with E-state index < -0.39 is 28.2 Å². The highest BCUT2D eigenvalue weighted by Crippen LogP contribution is 2.31. The first-order chi connectivity index (χ1) is 12.6. The Morgan fingerprint density at radius 3 is 2.67 bits per heavy atom. The van der Waals surface area contributed by atoms with Crippen LogP contribution >= 0.6 is 23.2 Å². The summed E-state index contributed by atoms with van der Waals surface area (Å²) in [5, 5.41) is 7.64. The van der Waals surface area contributed by atoms with Crippen LogP contribution in [0, 0.1) is 6.92 Å². The van der Waals surface area contributed by atoms with E-state index in [1.165, 1.54) is 13.1 Å². The van der Waals surface area contributed by atoms with E-state index >= 15 is 0 Å². The predicted octanol–water partition coefficient (Wildman–Crippen LogP) is 2.25. The zero-order valence-corrected chi connectivity index (χ0v) is 17.2. The molecule has 146 valence electrons. The lowest BCUT2D eigenvalue weighted by Crippen LogP contribution is -2.56. The van der Waals surface area contributed by atoms with Gasteiger partial charge in [-0.3, -0.25) is 9.48 Å². The van der Waals surface area contributed by atoms with Crippen molar-refractivity contribution >= 4 is 45.0 Å². The number of nitrogens with one attached hydrogen (secondary N) is 2. The molecule has 0 aliphatic carbocycles. The van der Waals surface area contributed by atoms with Crippen molar-refractivity contribution < 1.29 is 13.2 Å². The lowest BCUT2D eigenvalue weighted by atomic mass is 10.00. The topological polar surface area (TPSA) is 96.3 Å². The molecule has 0 spiro atoms. The minimum Gasteiger partial charge on any atom is -0.323 e. The maximum Gasteiger partial charge on any atom is 0.280 e. The lowest BCUT2D eigenvalue weighted by molar-refractivity contribution is -0.120. The lowest BCUT2D eigenvalue weighted by Gasteiger charge is -2.36. The zero-order valence-electron chi connectivity index (χ0n) is 14.9. The summed E-state index contributed by atoms with van der Waals surface area (Å²) in [6.07, 6.45) is 1.99. The average molecular weight is 432 g/mol. The minimum atomic E-state index is -3.84. The molecule has 1 aromatic heterocycles. The molecule has 27 heavy (non-hydrogen) atoms. The number of benzene rings is 1. The molecule has 2 atom stereocenters. The number of likely N-dealkylation sites (N-methyl/N-ethyl adjacent to an activating group) is 1. The second-order valence-corrected chi connectivity index (χ2v) is 9.01. The number of hydrogen-bond acceptors (Lipinski definition) is 4. The van der Waals surface area contributed by atoms with Gasteiger partial charge in [0.05, 0.1) is 22.4 Å². The Labute approximate surface area is 167 Å². The molecule has 8 nitrogen and oxygen atoms in total. The summed E-state index contributed by atoms with van der Waals surface area (Å²) < 4.78 is 30.3. The molecule has 2 aromatic rings. The van der Waals surface area contributed by atoms with Crippen LogP contribution in [0.15, 0.2) is 24.4 Å². The normalized spacial score (nSPS) is 22.6. The Bertz CT molecular complexity index is 992. The average Bonchev–Trinajstić information content (AvgIpc) is 2.91. The number of aryl methyl sites for hydroxylation is 2. The Kier molecular flexibility index (Phi) is 5.51. The first-order valence-corrected chi connectivity index (χ1v) is 10.3. The molecule has 1 aliphatic heterocycles. The van der Waals surface area contributed by atoms with Crippen LogP contribution in [0.4, 0.5) is 5.69 Å². The van der Waals surface area contributed by atoms with E-state index in [4.69, 9.17) is 23.2 Å². The van der Waals surface area contributed by atoms with Gasteiger partial charge in [-0.05, 0) is 31.5 Å². The summed E-state index contributed by atoms with van der Waals surface area (Å²) in [5.41, 5.74) is 1.76. The quantitative estimate of drug-likeness (QED) is 0.778. The molecular weight excluding hydrogens is 413 g/mol. The van der Waals surface area contributed by atoms with Crippen molar-refractivity contribution in [1.29, 1.82) is 0 Å². The van der Waals surface area contributed by atoms with Crippen molar-refractivity contribution in [2.75, 3.05) is 12.4 Å². The largest absolute Gasteiger partial charge is 0.323 e. The second-order valence-electron chi connectivity index (χ2n) is 6.40. The Morgan fingerprint density at radius 2 is 2.04 bits per heavy atom. The SMILES string of the molecule is Cc1nn(C)cc1C1CC(C(=O)Nc2cc(Cl)ccc2Cl)N(C)S(=O)(=O)N1. The summed E-state index contributed by atoms with van der Waals surface area (Å²) in [6, 6.07) is 3.19. The minimum absolute atomic E-state index is 0.242. The van der Waals surface area contributed by atoms with Crippen molar-refractivity contribution in [2.45, 2.75) is 25.4 Å². The third-order valence-electron chi connectivity index (χ3n) is 4.48. The maximum absolute atomic E-state index is 12.8. The van der Waals surface area contributed by atoms with Crippen molar-refractivity contribution in [2.24, 2.45) is 7.05 Å². The van der Waals surface area contributed by atoms with Crippen LogP contribution in [0.1, 0.15) is 23.7 Å². The number of carbonyl (C=O) groups excluding carboxylic acids is 1. The third kappa shape index (κ3) is 4.12. The standard InChI is InChI=1S/C16H19Cl2N5O3S/c1-9-11(8-22(2)20-9)13-7-15(23(3)27(25,26)21-13)16(24)19-14-6-10(17)4-5-12(14)18/h4-6,8,13,15,21H,7H2,1-3H3,(H,19,24). The molecule has 1 fully saturated rings. The number of amides is 1. The maximum atomic E-state index is 12.8. The van der Waals surface area contributed by atoms with E-state index in [-0.39, 0.29) is 6.42 Å². The Balaban J connectivity index is 1.89. The molecule has 0 bridgehead atoms. The fourth-order valence-electron chi connectivity index (χ4n) is 3.08. The van der Waals surface area contributed by atoms with Crippen molar-refractivity contribution in [3.63, 3.8) is 0 Å². The van der Waals surface area contributed by atoms with E-state index in [1.54, 1.807) is 37.0 Å². The van der Waals surface area contributed by atoms with Crippen LogP contribution in [-0.2, 0) is 22.1 Å². The van der Waals surface area contributed by atoms with Gasteiger partial charge in [0.2, 0.25) is 5.91 Å². The van der Waals surface area contributed by atoms with Crippen molar-refractivity contribution in [3.8, 4) is 0 Å². The third-order valence-corrected chi connectivity index (χ3v) is 6.64. The molecule has 11 heteroatoms. The molecule has 0 radical (unpaired) electrons. The van der Waals surface area contributed by atoms with Crippen molar-refractivity contribution in [3.05, 3.63) is 45.7 Å². The second kappa shape index (κ2) is 7.40. The van der Waals surface area contributed by atoms with Gasteiger partial charge in [-0.1, -0.05) is 23.2 Å². The zero-order chi connectivity index (χ0) is 19.9. The Morgan fingerprint density at radius 1 is 1.33 bits per heavy atom. The van der Waals surface area contributed by atoms with Gasteiger partial charge in [0.1, 0.15) is 6.04 Å². The van der Waals surface area contributed by atoms with Gasteiger partial charge < -0.3 is 5.32 Å². The molecule has 2 unspecified atom stereocenters. The summed E-state index contributed by atoms with van der Waals surface area (Å²) in [6.45, 7) is 1.79. The molecule has 1 saturated heterocycles. The van der Waals surface area contributed by atoms with Crippen LogP contribution < -0.4 is 10.0 Å². The van der Waals surface area contributed by atoms with E-state index in [0.717, 1.165) is 9.87 Å². The van der Waals surface area contributed by atoms with Gasteiger partial charge in [-0.25, -0.2) is 0 Å². The highest BCUT2D eigenvalue weighted by Gasteiger charge is 2.41. The first kappa shape index (κ1) is 20.1. The molecule has 1 aromatic carbocycles. The summed E-state index contributed by atoms with van der Waals surface area (Å²) in [7, 11) is -0.730. The van der Waals surface area contributed by atoms with Crippen LogP contribution in [0.25, 0.3) is 0 Å². The van der Waals surface area contributed by atoms with Gasteiger partial charge >= 0.3 is 0 Å². The molecule has 3 rings (SSSR count). The van der Waals surface area contributed by atoms with Gasteiger partial charge in [0.15, 0.2) is 0 Å². The van der Waals surface area contributed by atoms with Gasteiger partial charge in [-0.15, -0.1) is 0 Å². The van der Waals surface area contributed by atoms with Crippen LogP contribution in [0.2, 0.25) is 10.0 Å². The summed E-state index contributed by atoms with van der Waals surface area (Å²) in [5.74, 6) is -0.488. The number of aromatic nitrogens is 2. The molecule has 0 saturated carbocycles. The first-order valence-electron chi connectivity index (χ1n) is 8.10. The summed E-state index contributed by atoms with van der Waals surface area (Å²) in [4.78, 5) is 12.8. The number of nitrogens with zero attached hydrogens (tertiary/aromatic N) is 3. The molecular formula is C16H19Cl2N5O3S. The fraction of sp³-hybridized carbons (Fsp3) is 0.375. The van der Waals surface area contributed by atoms with E-state index in [0.29, 0.717) is 21.4 Å². The molecule has 2 heterocycles. The number of hydrogen-bond donors (Lipinski definition) is 2. The number of anilines is 1. The van der Waals surface area contributed by atoms with Crippen LogP contribution in [0.3, 0.4) is 0 Å². The highest BCUT2D eigenvalue weighted by atomic mass is 35.5. The summed E-state index contributed by atoms with van der Waals surface area (Å²) >= 11 is 12.0. The van der Waals surface area contributed by atoms with Crippen LogP contribution in [0.5, 0.6) is 0 Å². The fourth-order valence-corrected chi connectivity index (χ4v) is 4.68. The van der Waals surface area contributed by atoms with Crippen molar-refractivity contribution in [1.82, 2.24) is 18.8 Å². The predicted molar refractivity (Wildman–Crippen MR) is 104 cm³/mol. The number of carbonyl (C=O) groups is 1. The van der Waals surface area contributed by atoms with Gasteiger partial charge in [0, 0.05) is 30.9 Å². The highest BCUT2D eigenvalue weighted by molar-refractivity contribution is 7.87. The molecule has 1 amide bonds. The Hall–Kier alpha value is -1.65. The van der Waals surface area contributed by atoms with Crippen LogP contribution in [-0.4, -0.2) is 41.5 Å². The van der Waals surface area contributed by atoms with E-state index in [9.17, 15) is 13.2 Å². The smallest absolute Gasteiger partial charge is 0.280 e. The molecule has 1 aliphatic rings. The number of halogens is 2. The van der Waals surface area contributed by atoms with E-state index in [1.807, 2.05) is 0 Å². The van der Waals surface area contributed by atoms with E-state index in [2.05, 4.69) is 15.1 Å². The molecule has 2 N–H and O–H groups in total. The van der Waals surface area contributed by atoms with Gasteiger partial charge in [0.25, 0.3) is 10.2 Å². The monoisotopic (exact) mass is 431 g/mol. The van der Waals surface area contributed by atoms with Gasteiger partial charge in [-0.2, -0.15) is 22.5 Å².